The number of unbranched alkanes of at least 4 members (excludes halogenated alkanes) is 2. The number of ether oxygens (including phenoxy) is 1. The van der Waals surface area contributed by atoms with Crippen LogP contribution < -0.4 is 10.3 Å². The molecule has 2 aromatic carbocycles. The molecular formula is C28H34N4O3. The summed E-state index contributed by atoms with van der Waals surface area (Å²) in [5.41, 5.74) is 2.52. The van der Waals surface area contributed by atoms with Crippen LogP contribution in [-0.4, -0.2) is 37.3 Å². The molecule has 0 aliphatic rings. The molecular weight excluding hydrogens is 440 g/mol. The number of imidazole rings is 1. The van der Waals surface area contributed by atoms with E-state index < -0.39 is 6.10 Å². The number of aliphatic hydroxyl groups excluding tert-OH is 1. The van der Waals surface area contributed by atoms with Crippen LogP contribution in [0.25, 0.3) is 22.6 Å². The highest BCUT2D eigenvalue weighted by molar-refractivity contribution is 5.74. The highest BCUT2D eigenvalue weighted by atomic mass is 16.5. The smallest absolute Gasteiger partial charge is 0.279 e. The molecule has 35 heavy (non-hydrogen) atoms. The number of benzene rings is 2. The van der Waals surface area contributed by atoms with Crippen molar-refractivity contribution >= 4 is 11.2 Å². The van der Waals surface area contributed by atoms with Crippen molar-refractivity contribution in [2.75, 3.05) is 6.61 Å². The van der Waals surface area contributed by atoms with E-state index in [4.69, 9.17) is 9.72 Å². The maximum atomic E-state index is 12.9. The van der Waals surface area contributed by atoms with Crippen molar-refractivity contribution in [1.29, 1.82) is 0 Å². The zero-order valence-electron chi connectivity index (χ0n) is 20.5. The Hall–Kier alpha value is -3.45. The standard InChI is InChI=1S/C28H34N4O3/c1-3-18-35-24-17-11-10-15-22(24)26-30-27-25(28(34)31-26)29-19-32(27)23(20(2)33)16-9-5-8-14-21-12-6-4-7-13-21/h4,6-7,10-13,15,17,19-20,23,33H,3,5,8-9,14,16,18H2,1-2H3,(H,30,31,34). The molecule has 7 heteroatoms. The van der Waals surface area contributed by atoms with E-state index in [-0.39, 0.29) is 17.1 Å². The third kappa shape index (κ3) is 5.98. The largest absolute Gasteiger partial charge is 0.493 e. The van der Waals surface area contributed by atoms with Crippen LogP contribution in [0.2, 0.25) is 0 Å². The van der Waals surface area contributed by atoms with Crippen LogP contribution in [-0.2, 0) is 6.42 Å². The fourth-order valence-corrected chi connectivity index (χ4v) is 4.41. The van der Waals surface area contributed by atoms with Crippen molar-refractivity contribution in [1.82, 2.24) is 19.5 Å². The van der Waals surface area contributed by atoms with E-state index in [0.717, 1.165) is 44.1 Å². The molecule has 0 aliphatic carbocycles. The molecule has 2 heterocycles. The summed E-state index contributed by atoms with van der Waals surface area (Å²) >= 11 is 0. The van der Waals surface area contributed by atoms with Gasteiger partial charge in [0.2, 0.25) is 0 Å². The average molecular weight is 475 g/mol. The summed E-state index contributed by atoms with van der Waals surface area (Å²) in [5.74, 6) is 1.11. The molecule has 0 radical (unpaired) electrons. The van der Waals surface area contributed by atoms with Gasteiger partial charge in [-0.2, -0.15) is 0 Å². The van der Waals surface area contributed by atoms with Crippen LogP contribution in [0.3, 0.4) is 0 Å². The summed E-state index contributed by atoms with van der Waals surface area (Å²) in [7, 11) is 0. The Morgan fingerprint density at radius 3 is 2.60 bits per heavy atom. The molecule has 0 amide bonds. The van der Waals surface area contributed by atoms with Gasteiger partial charge in [-0.15, -0.1) is 0 Å². The Labute approximate surface area is 205 Å². The first-order valence-electron chi connectivity index (χ1n) is 12.5. The summed E-state index contributed by atoms with van der Waals surface area (Å²) in [4.78, 5) is 24.8. The second kappa shape index (κ2) is 11.8. The molecule has 2 atom stereocenters. The number of hydrogen-bond donors (Lipinski definition) is 2. The molecule has 2 aromatic heterocycles. The Balaban J connectivity index is 1.55. The molecule has 4 aromatic rings. The Morgan fingerprint density at radius 1 is 1.06 bits per heavy atom. The van der Waals surface area contributed by atoms with Crippen LogP contribution in [0, 0.1) is 0 Å². The van der Waals surface area contributed by atoms with Gasteiger partial charge in [0, 0.05) is 0 Å². The second-order valence-corrected chi connectivity index (χ2v) is 8.98. The lowest BCUT2D eigenvalue weighted by atomic mass is 10.0. The number of aliphatic hydroxyl groups is 1. The Kier molecular flexibility index (Phi) is 8.32. The first-order chi connectivity index (χ1) is 17.1. The van der Waals surface area contributed by atoms with Crippen molar-refractivity contribution in [2.24, 2.45) is 0 Å². The number of nitrogens with one attached hydrogen (secondary N) is 1. The van der Waals surface area contributed by atoms with Gasteiger partial charge in [-0.3, -0.25) is 4.79 Å². The van der Waals surface area contributed by atoms with E-state index in [2.05, 4.69) is 34.2 Å². The van der Waals surface area contributed by atoms with Crippen LogP contribution in [0.15, 0.2) is 65.7 Å². The minimum Gasteiger partial charge on any atom is -0.493 e. The monoisotopic (exact) mass is 474 g/mol. The van der Waals surface area contributed by atoms with Gasteiger partial charge in [0.05, 0.1) is 30.6 Å². The van der Waals surface area contributed by atoms with E-state index in [1.807, 2.05) is 41.8 Å². The number of aromatic nitrogens is 4. The number of rotatable bonds is 12. The molecule has 2 N–H and O–H groups in total. The van der Waals surface area contributed by atoms with Gasteiger partial charge in [-0.1, -0.05) is 62.2 Å². The van der Waals surface area contributed by atoms with Crippen molar-refractivity contribution in [3.8, 4) is 17.1 Å². The second-order valence-electron chi connectivity index (χ2n) is 8.98. The van der Waals surface area contributed by atoms with E-state index >= 15 is 0 Å². The summed E-state index contributed by atoms with van der Waals surface area (Å²) in [5, 5.41) is 10.6. The SMILES string of the molecule is CCCOc1ccccc1-c1nc2c(ncn2C(CCCCCc2ccccc2)C(C)O)c(=O)[nH]1. The molecule has 0 spiro atoms. The molecule has 2 unspecified atom stereocenters. The molecule has 0 saturated heterocycles. The molecule has 0 aliphatic heterocycles. The lowest BCUT2D eigenvalue weighted by Crippen LogP contribution is -2.22. The van der Waals surface area contributed by atoms with Crippen LogP contribution in [0.4, 0.5) is 0 Å². The fourth-order valence-electron chi connectivity index (χ4n) is 4.41. The van der Waals surface area contributed by atoms with Gasteiger partial charge in [-0.05, 0) is 50.3 Å². The number of para-hydroxylation sites is 1. The zero-order valence-corrected chi connectivity index (χ0v) is 20.5. The quantitative estimate of drug-likeness (QED) is 0.272. The maximum Gasteiger partial charge on any atom is 0.279 e. The van der Waals surface area contributed by atoms with Gasteiger partial charge in [0.1, 0.15) is 11.6 Å². The first kappa shape index (κ1) is 24.7. The average Bonchev–Trinajstić information content (AvgIpc) is 3.29. The van der Waals surface area contributed by atoms with Gasteiger partial charge < -0.3 is 19.4 Å². The molecule has 0 fully saturated rings. The summed E-state index contributed by atoms with van der Waals surface area (Å²) in [6.07, 6.45) is 6.84. The predicted octanol–water partition coefficient (Wildman–Crippen LogP) is 5.30. The lowest BCUT2D eigenvalue weighted by Gasteiger charge is -2.22. The van der Waals surface area contributed by atoms with E-state index in [9.17, 15) is 9.90 Å². The maximum absolute atomic E-state index is 12.9. The third-order valence-electron chi connectivity index (χ3n) is 6.26. The van der Waals surface area contributed by atoms with E-state index in [1.165, 1.54) is 5.56 Å². The number of aromatic amines is 1. The van der Waals surface area contributed by atoms with Gasteiger partial charge >= 0.3 is 0 Å². The minimum absolute atomic E-state index is 0.217. The Bertz CT molecular complexity index is 1280. The molecule has 0 bridgehead atoms. The number of hydrogen-bond acceptors (Lipinski definition) is 5. The minimum atomic E-state index is -0.605. The van der Waals surface area contributed by atoms with E-state index in [0.29, 0.717) is 23.8 Å². The summed E-state index contributed by atoms with van der Waals surface area (Å²) in [6.45, 7) is 4.41. The topological polar surface area (TPSA) is 93.0 Å². The third-order valence-corrected chi connectivity index (χ3v) is 6.26. The van der Waals surface area contributed by atoms with Crippen LogP contribution in [0.1, 0.15) is 57.6 Å². The van der Waals surface area contributed by atoms with E-state index in [1.54, 1.807) is 13.3 Å². The van der Waals surface area contributed by atoms with Crippen LogP contribution >= 0.6 is 0 Å². The highest BCUT2D eigenvalue weighted by Gasteiger charge is 2.22. The molecule has 0 saturated carbocycles. The van der Waals surface area contributed by atoms with Crippen molar-refractivity contribution < 1.29 is 9.84 Å². The predicted molar refractivity (Wildman–Crippen MR) is 139 cm³/mol. The van der Waals surface area contributed by atoms with Crippen molar-refractivity contribution in [2.45, 2.75) is 64.5 Å². The molecule has 4 rings (SSSR count). The normalized spacial score (nSPS) is 13.1. The van der Waals surface area contributed by atoms with Crippen molar-refractivity contribution in [3.05, 3.63) is 76.8 Å². The lowest BCUT2D eigenvalue weighted by molar-refractivity contribution is 0.124. The van der Waals surface area contributed by atoms with Gasteiger partial charge in [0.25, 0.3) is 5.56 Å². The Morgan fingerprint density at radius 2 is 1.83 bits per heavy atom. The van der Waals surface area contributed by atoms with Gasteiger partial charge in [-0.25, -0.2) is 9.97 Å². The van der Waals surface area contributed by atoms with Gasteiger partial charge in [0.15, 0.2) is 11.2 Å². The number of fused-ring (bicyclic) bond motifs is 1. The highest BCUT2D eigenvalue weighted by Crippen LogP contribution is 2.29. The van der Waals surface area contributed by atoms with Crippen molar-refractivity contribution in [3.63, 3.8) is 0 Å². The van der Waals surface area contributed by atoms with Crippen LogP contribution in [0.5, 0.6) is 5.75 Å². The fraction of sp³-hybridized carbons (Fsp3) is 0.393. The summed E-state index contributed by atoms with van der Waals surface area (Å²) < 4.78 is 7.73. The number of aryl methyl sites for hydroxylation is 1. The first-order valence-corrected chi connectivity index (χ1v) is 12.5. The number of H-pyrrole nitrogens is 1. The number of nitrogens with zero attached hydrogens (tertiary/aromatic N) is 3. The molecule has 7 nitrogen and oxygen atoms in total. The summed E-state index contributed by atoms with van der Waals surface area (Å²) in [6, 6.07) is 17.8. The molecule has 184 valence electrons. The zero-order chi connectivity index (χ0) is 24.6.